The molecule has 19 heavy (non-hydrogen) atoms. The first-order chi connectivity index (χ1) is 9.12. The number of rotatable bonds is 4. The summed E-state index contributed by atoms with van der Waals surface area (Å²) in [5, 5.41) is 3.29. The molecule has 2 rings (SSSR count). The molecule has 0 aliphatic carbocycles. The van der Waals surface area contributed by atoms with Crippen LogP contribution in [-0.2, 0) is 10.0 Å². The molecular weight excluding hydrogens is 260 g/mol. The predicted octanol–water partition coefficient (Wildman–Crippen LogP) is 1.83. The predicted molar refractivity (Wildman–Crippen MR) is 78.6 cm³/mol. The monoisotopic (exact) mass is 288 g/mol. The average Bonchev–Trinajstić information content (AvgIpc) is 2.65. The molecule has 0 saturated carbocycles. The normalized spacial score (nSPS) is 28.2. The first-order valence-electron chi connectivity index (χ1n) is 7.80. The van der Waals surface area contributed by atoms with Gasteiger partial charge in [-0.3, -0.25) is 0 Å². The van der Waals surface area contributed by atoms with Crippen molar-refractivity contribution in [2.45, 2.75) is 45.4 Å². The van der Waals surface area contributed by atoms with Crippen molar-refractivity contribution in [3.8, 4) is 0 Å². The number of hydrogen-bond acceptors (Lipinski definition) is 3. The molecular formula is C14H28N2O2S. The summed E-state index contributed by atoms with van der Waals surface area (Å²) in [6, 6.07) is 0. The molecule has 2 aliphatic rings. The third-order valence-electron chi connectivity index (χ3n) is 4.68. The fourth-order valence-electron chi connectivity index (χ4n) is 3.28. The average molecular weight is 288 g/mol. The van der Waals surface area contributed by atoms with Gasteiger partial charge in [0, 0.05) is 13.1 Å². The maximum absolute atomic E-state index is 12.5. The standard InChI is InChI=1S/C14H28N2O2S/c1-2-13-4-3-10-16(11-7-13)19(17,18)12-14-5-8-15-9-6-14/h13-15H,2-12H2,1H3. The minimum atomic E-state index is -3.03. The van der Waals surface area contributed by atoms with E-state index in [1.54, 1.807) is 4.31 Å². The zero-order chi connectivity index (χ0) is 13.7. The minimum Gasteiger partial charge on any atom is -0.317 e. The summed E-state index contributed by atoms with van der Waals surface area (Å²) >= 11 is 0. The zero-order valence-corrected chi connectivity index (χ0v) is 12.9. The van der Waals surface area contributed by atoms with Gasteiger partial charge in [0.15, 0.2) is 0 Å². The number of sulfonamides is 1. The molecule has 1 atom stereocenters. The second kappa shape index (κ2) is 7.04. The van der Waals surface area contributed by atoms with Crippen LogP contribution in [0, 0.1) is 11.8 Å². The van der Waals surface area contributed by atoms with Gasteiger partial charge >= 0.3 is 0 Å². The van der Waals surface area contributed by atoms with Gasteiger partial charge in [-0.1, -0.05) is 13.3 Å². The lowest BCUT2D eigenvalue weighted by atomic mass is 9.98. The van der Waals surface area contributed by atoms with E-state index in [1.807, 2.05) is 0 Å². The van der Waals surface area contributed by atoms with E-state index in [0.717, 1.165) is 57.8 Å². The summed E-state index contributed by atoms with van der Waals surface area (Å²) < 4.78 is 26.8. The van der Waals surface area contributed by atoms with Crippen LogP contribution < -0.4 is 5.32 Å². The van der Waals surface area contributed by atoms with Crippen LogP contribution in [0.1, 0.15) is 45.4 Å². The zero-order valence-electron chi connectivity index (χ0n) is 12.1. The first kappa shape index (κ1) is 15.3. The highest BCUT2D eigenvalue weighted by Gasteiger charge is 2.28. The van der Waals surface area contributed by atoms with Crippen LogP contribution in [0.5, 0.6) is 0 Å². The number of piperidine rings is 1. The lowest BCUT2D eigenvalue weighted by molar-refractivity contribution is 0.375. The quantitative estimate of drug-likeness (QED) is 0.858. The Morgan fingerprint density at radius 2 is 1.79 bits per heavy atom. The number of hydrogen-bond donors (Lipinski definition) is 1. The highest BCUT2D eigenvalue weighted by atomic mass is 32.2. The third kappa shape index (κ3) is 4.43. The molecule has 0 aromatic rings. The summed E-state index contributed by atoms with van der Waals surface area (Å²) in [6.07, 6.45) is 6.46. The van der Waals surface area contributed by atoms with Crippen molar-refractivity contribution in [3.05, 3.63) is 0 Å². The second-order valence-electron chi connectivity index (χ2n) is 6.08. The first-order valence-corrected chi connectivity index (χ1v) is 9.41. The van der Waals surface area contributed by atoms with Gasteiger partial charge in [0.2, 0.25) is 10.0 Å². The van der Waals surface area contributed by atoms with Gasteiger partial charge in [-0.25, -0.2) is 12.7 Å². The molecule has 1 N–H and O–H groups in total. The molecule has 2 saturated heterocycles. The summed E-state index contributed by atoms with van der Waals surface area (Å²) in [4.78, 5) is 0. The SMILES string of the molecule is CCC1CCCN(S(=O)(=O)CC2CCNCC2)CC1. The van der Waals surface area contributed by atoms with Gasteiger partial charge in [0.25, 0.3) is 0 Å². The van der Waals surface area contributed by atoms with Gasteiger partial charge in [0.05, 0.1) is 5.75 Å². The van der Waals surface area contributed by atoms with Crippen molar-refractivity contribution in [1.29, 1.82) is 0 Å². The Morgan fingerprint density at radius 3 is 2.47 bits per heavy atom. The van der Waals surface area contributed by atoms with Crippen molar-refractivity contribution in [3.63, 3.8) is 0 Å². The highest BCUT2D eigenvalue weighted by Crippen LogP contribution is 2.24. The molecule has 2 heterocycles. The Morgan fingerprint density at radius 1 is 1.05 bits per heavy atom. The summed E-state index contributed by atoms with van der Waals surface area (Å²) in [6.45, 7) is 5.63. The lowest BCUT2D eigenvalue weighted by Gasteiger charge is -2.26. The lowest BCUT2D eigenvalue weighted by Crippen LogP contribution is -2.39. The van der Waals surface area contributed by atoms with Crippen LogP contribution in [0.4, 0.5) is 0 Å². The van der Waals surface area contributed by atoms with Crippen molar-refractivity contribution < 1.29 is 8.42 Å². The van der Waals surface area contributed by atoms with Gasteiger partial charge in [-0.15, -0.1) is 0 Å². The van der Waals surface area contributed by atoms with E-state index in [-0.39, 0.29) is 0 Å². The molecule has 112 valence electrons. The van der Waals surface area contributed by atoms with E-state index in [1.165, 1.54) is 12.8 Å². The molecule has 4 nitrogen and oxygen atoms in total. The fourth-order valence-corrected chi connectivity index (χ4v) is 5.21. The smallest absolute Gasteiger partial charge is 0.214 e. The van der Waals surface area contributed by atoms with Crippen molar-refractivity contribution in [2.24, 2.45) is 11.8 Å². The fraction of sp³-hybridized carbons (Fsp3) is 1.00. The Bertz CT molecular complexity index is 364. The summed E-state index contributed by atoms with van der Waals surface area (Å²) in [5.41, 5.74) is 0. The Kier molecular flexibility index (Phi) is 5.66. The number of nitrogens with zero attached hydrogens (tertiary/aromatic N) is 1. The maximum atomic E-state index is 12.5. The molecule has 0 spiro atoms. The van der Waals surface area contributed by atoms with Crippen LogP contribution in [0.15, 0.2) is 0 Å². The van der Waals surface area contributed by atoms with Crippen LogP contribution in [-0.4, -0.2) is 44.7 Å². The summed E-state index contributed by atoms with van der Waals surface area (Å²) in [5.74, 6) is 1.45. The molecule has 0 radical (unpaired) electrons. The van der Waals surface area contributed by atoms with Gasteiger partial charge in [-0.05, 0) is 57.0 Å². The van der Waals surface area contributed by atoms with Crippen LogP contribution in [0.25, 0.3) is 0 Å². The topological polar surface area (TPSA) is 49.4 Å². The van der Waals surface area contributed by atoms with E-state index in [9.17, 15) is 8.42 Å². The number of nitrogens with one attached hydrogen (secondary N) is 1. The molecule has 2 aliphatic heterocycles. The molecule has 2 fully saturated rings. The molecule has 0 aromatic heterocycles. The molecule has 0 aromatic carbocycles. The molecule has 1 unspecified atom stereocenters. The maximum Gasteiger partial charge on any atom is 0.214 e. The van der Waals surface area contributed by atoms with E-state index in [4.69, 9.17) is 0 Å². The van der Waals surface area contributed by atoms with E-state index < -0.39 is 10.0 Å². The summed E-state index contributed by atoms with van der Waals surface area (Å²) in [7, 11) is -3.03. The molecule has 0 bridgehead atoms. The van der Waals surface area contributed by atoms with Crippen LogP contribution in [0.3, 0.4) is 0 Å². The largest absolute Gasteiger partial charge is 0.317 e. The molecule has 0 amide bonds. The molecule has 5 heteroatoms. The van der Waals surface area contributed by atoms with Gasteiger partial charge in [0.1, 0.15) is 0 Å². The third-order valence-corrected chi connectivity index (χ3v) is 6.73. The van der Waals surface area contributed by atoms with Crippen molar-refractivity contribution in [2.75, 3.05) is 31.9 Å². The van der Waals surface area contributed by atoms with Crippen molar-refractivity contribution >= 4 is 10.0 Å². The Hall–Kier alpha value is -0.130. The van der Waals surface area contributed by atoms with Crippen LogP contribution >= 0.6 is 0 Å². The van der Waals surface area contributed by atoms with E-state index in [0.29, 0.717) is 11.7 Å². The second-order valence-corrected chi connectivity index (χ2v) is 8.09. The highest BCUT2D eigenvalue weighted by molar-refractivity contribution is 7.89. The van der Waals surface area contributed by atoms with Crippen LogP contribution in [0.2, 0.25) is 0 Å². The van der Waals surface area contributed by atoms with Gasteiger partial charge < -0.3 is 5.32 Å². The Labute approximate surface area is 118 Å². The minimum absolute atomic E-state index is 0.358. The van der Waals surface area contributed by atoms with Gasteiger partial charge in [-0.2, -0.15) is 0 Å². The van der Waals surface area contributed by atoms with E-state index >= 15 is 0 Å². The Balaban J connectivity index is 1.90. The van der Waals surface area contributed by atoms with Crippen molar-refractivity contribution in [1.82, 2.24) is 9.62 Å². The van der Waals surface area contributed by atoms with E-state index in [2.05, 4.69) is 12.2 Å².